The molecular formula is C14H16FN3S. The van der Waals surface area contributed by atoms with E-state index in [-0.39, 0.29) is 11.9 Å². The van der Waals surface area contributed by atoms with Gasteiger partial charge in [-0.05, 0) is 42.3 Å². The number of benzene rings is 1. The SMILES string of the molecule is Cc1ccncc1C(CSc1cccc(F)c1)NN. The molecule has 2 aromatic rings. The largest absolute Gasteiger partial charge is 0.271 e. The number of aryl methyl sites for hydroxylation is 1. The fraction of sp³-hybridized carbons (Fsp3) is 0.214. The monoisotopic (exact) mass is 277 g/mol. The number of aromatic nitrogens is 1. The lowest BCUT2D eigenvalue weighted by molar-refractivity contribution is 0.605. The molecule has 3 N–H and O–H groups in total. The lowest BCUT2D eigenvalue weighted by atomic mass is 10.1. The zero-order chi connectivity index (χ0) is 13.7. The predicted octanol–water partition coefficient (Wildman–Crippen LogP) is 2.83. The number of thioether (sulfide) groups is 1. The van der Waals surface area contributed by atoms with Gasteiger partial charge in [-0.3, -0.25) is 16.3 Å². The summed E-state index contributed by atoms with van der Waals surface area (Å²) < 4.78 is 13.1. The van der Waals surface area contributed by atoms with Gasteiger partial charge in [0.2, 0.25) is 0 Å². The maximum Gasteiger partial charge on any atom is 0.124 e. The summed E-state index contributed by atoms with van der Waals surface area (Å²) in [7, 11) is 0. The standard InChI is InChI=1S/C14H16FN3S/c1-10-5-6-17-8-13(10)14(18-16)9-19-12-4-2-3-11(15)7-12/h2-8,14,18H,9,16H2,1H3. The number of nitrogens with one attached hydrogen (secondary N) is 1. The van der Waals surface area contributed by atoms with E-state index in [2.05, 4.69) is 10.4 Å². The normalized spacial score (nSPS) is 12.4. The van der Waals surface area contributed by atoms with Crippen molar-refractivity contribution < 1.29 is 4.39 Å². The molecule has 0 bridgehead atoms. The van der Waals surface area contributed by atoms with Gasteiger partial charge in [-0.2, -0.15) is 0 Å². The first-order chi connectivity index (χ1) is 9.20. The van der Waals surface area contributed by atoms with Crippen molar-refractivity contribution in [2.45, 2.75) is 17.9 Å². The van der Waals surface area contributed by atoms with Gasteiger partial charge in [0.05, 0.1) is 6.04 Å². The van der Waals surface area contributed by atoms with Crippen molar-refractivity contribution >= 4 is 11.8 Å². The van der Waals surface area contributed by atoms with E-state index in [1.54, 1.807) is 24.0 Å². The van der Waals surface area contributed by atoms with Gasteiger partial charge in [-0.15, -0.1) is 11.8 Å². The van der Waals surface area contributed by atoms with Crippen LogP contribution >= 0.6 is 11.8 Å². The summed E-state index contributed by atoms with van der Waals surface area (Å²) in [6, 6.07) is 8.49. The Morgan fingerprint density at radius 2 is 2.26 bits per heavy atom. The minimum absolute atomic E-state index is 0.0121. The topological polar surface area (TPSA) is 50.9 Å². The Morgan fingerprint density at radius 3 is 2.95 bits per heavy atom. The van der Waals surface area contributed by atoms with E-state index in [4.69, 9.17) is 5.84 Å². The summed E-state index contributed by atoms with van der Waals surface area (Å²) in [6.07, 6.45) is 3.57. The molecule has 3 nitrogen and oxygen atoms in total. The Balaban J connectivity index is 2.06. The fourth-order valence-electron chi connectivity index (χ4n) is 1.81. The number of nitrogens with zero attached hydrogens (tertiary/aromatic N) is 1. The number of nitrogens with two attached hydrogens (primary N) is 1. The quantitative estimate of drug-likeness (QED) is 0.501. The number of pyridine rings is 1. The van der Waals surface area contributed by atoms with Crippen molar-refractivity contribution in [3.05, 3.63) is 59.7 Å². The molecule has 1 atom stereocenters. The molecule has 0 radical (unpaired) electrons. The second-order valence-corrected chi connectivity index (χ2v) is 5.31. The molecule has 0 aliphatic rings. The van der Waals surface area contributed by atoms with Crippen LogP contribution in [0.1, 0.15) is 17.2 Å². The van der Waals surface area contributed by atoms with E-state index >= 15 is 0 Å². The van der Waals surface area contributed by atoms with Crippen molar-refractivity contribution in [2.24, 2.45) is 5.84 Å². The molecule has 1 unspecified atom stereocenters. The first kappa shape index (κ1) is 14.0. The van der Waals surface area contributed by atoms with Crippen LogP contribution in [-0.2, 0) is 0 Å². The number of halogens is 1. The average Bonchev–Trinajstić information content (AvgIpc) is 2.41. The molecule has 0 amide bonds. The third-order valence-electron chi connectivity index (χ3n) is 2.87. The number of hydrogen-bond acceptors (Lipinski definition) is 4. The molecule has 2 rings (SSSR count). The summed E-state index contributed by atoms with van der Waals surface area (Å²) in [4.78, 5) is 5.01. The molecule has 19 heavy (non-hydrogen) atoms. The predicted molar refractivity (Wildman–Crippen MR) is 76.2 cm³/mol. The van der Waals surface area contributed by atoms with Crippen LogP contribution in [-0.4, -0.2) is 10.7 Å². The van der Waals surface area contributed by atoms with Crippen LogP contribution in [0.15, 0.2) is 47.6 Å². The Hall–Kier alpha value is -1.43. The van der Waals surface area contributed by atoms with Crippen LogP contribution in [0.4, 0.5) is 4.39 Å². The lowest BCUT2D eigenvalue weighted by Gasteiger charge is -2.17. The number of rotatable bonds is 5. The lowest BCUT2D eigenvalue weighted by Crippen LogP contribution is -2.30. The molecule has 0 aliphatic carbocycles. The molecule has 100 valence electrons. The second kappa shape index (κ2) is 6.65. The highest BCUT2D eigenvalue weighted by Gasteiger charge is 2.12. The first-order valence-corrected chi connectivity index (χ1v) is 6.94. The summed E-state index contributed by atoms with van der Waals surface area (Å²) in [6.45, 7) is 2.02. The Bertz CT molecular complexity index is 548. The van der Waals surface area contributed by atoms with Crippen molar-refractivity contribution in [1.82, 2.24) is 10.4 Å². The van der Waals surface area contributed by atoms with Crippen LogP contribution in [0.25, 0.3) is 0 Å². The Labute approximate surface area is 116 Å². The molecule has 1 aromatic carbocycles. The fourth-order valence-corrected chi connectivity index (χ4v) is 2.81. The average molecular weight is 277 g/mol. The van der Waals surface area contributed by atoms with E-state index in [0.29, 0.717) is 5.75 Å². The minimum Gasteiger partial charge on any atom is -0.271 e. The maximum absolute atomic E-state index is 13.1. The van der Waals surface area contributed by atoms with Gasteiger partial charge in [0.15, 0.2) is 0 Å². The highest BCUT2D eigenvalue weighted by atomic mass is 32.2. The van der Waals surface area contributed by atoms with Gasteiger partial charge in [-0.1, -0.05) is 6.07 Å². The van der Waals surface area contributed by atoms with Crippen molar-refractivity contribution in [3.63, 3.8) is 0 Å². The second-order valence-electron chi connectivity index (χ2n) is 4.22. The highest BCUT2D eigenvalue weighted by molar-refractivity contribution is 7.99. The molecule has 0 saturated heterocycles. The van der Waals surface area contributed by atoms with Crippen LogP contribution in [0, 0.1) is 12.7 Å². The molecule has 1 aromatic heterocycles. The van der Waals surface area contributed by atoms with Gasteiger partial charge < -0.3 is 0 Å². The van der Waals surface area contributed by atoms with E-state index in [1.807, 2.05) is 25.3 Å². The molecule has 0 saturated carbocycles. The molecule has 0 fully saturated rings. The Morgan fingerprint density at radius 1 is 1.42 bits per heavy atom. The summed E-state index contributed by atoms with van der Waals surface area (Å²) in [5.41, 5.74) is 4.99. The highest BCUT2D eigenvalue weighted by Crippen LogP contribution is 2.25. The zero-order valence-electron chi connectivity index (χ0n) is 10.6. The summed E-state index contributed by atoms with van der Waals surface area (Å²) >= 11 is 1.56. The van der Waals surface area contributed by atoms with Gasteiger partial charge in [0.25, 0.3) is 0 Å². The van der Waals surface area contributed by atoms with E-state index in [0.717, 1.165) is 16.0 Å². The number of hydrogen-bond donors (Lipinski definition) is 2. The van der Waals surface area contributed by atoms with Crippen molar-refractivity contribution in [3.8, 4) is 0 Å². The smallest absolute Gasteiger partial charge is 0.124 e. The van der Waals surface area contributed by atoms with Crippen molar-refractivity contribution in [1.29, 1.82) is 0 Å². The van der Waals surface area contributed by atoms with Crippen LogP contribution < -0.4 is 11.3 Å². The van der Waals surface area contributed by atoms with Crippen LogP contribution in [0.3, 0.4) is 0 Å². The summed E-state index contributed by atoms with van der Waals surface area (Å²) in [5.74, 6) is 6.09. The van der Waals surface area contributed by atoms with Crippen LogP contribution in [0.5, 0.6) is 0 Å². The van der Waals surface area contributed by atoms with Gasteiger partial charge >= 0.3 is 0 Å². The third kappa shape index (κ3) is 3.76. The third-order valence-corrected chi connectivity index (χ3v) is 3.96. The van der Waals surface area contributed by atoms with E-state index in [1.165, 1.54) is 12.1 Å². The molecule has 0 aliphatic heterocycles. The van der Waals surface area contributed by atoms with E-state index < -0.39 is 0 Å². The molecule has 0 spiro atoms. The Kier molecular flexibility index (Phi) is 4.90. The van der Waals surface area contributed by atoms with Gasteiger partial charge in [0, 0.05) is 23.0 Å². The van der Waals surface area contributed by atoms with E-state index in [9.17, 15) is 4.39 Å². The van der Waals surface area contributed by atoms with Crippen molar-refractivity contribution in [2.75, 3.05) is 5.75 Å². The van der Waals surface area contributed by atoms with Gasteiger partial charge in [-0.25, -0.2) is 4.39 Å². The first-order valence-electron chi connectivity index (χ1n) is 5.95. The van der Waals surface area contributed by atoms with Crippen LogP contribution in [0.2, 0.25) is 0 Å². The zero-order valence-corrected chi connectivity index (χ0v) is 11.5. The minimum atomic E-state index is -0.222. The molecular weight excluding hydrogens is 261 g/mol. The van der Waals surface area contributed by atoms with Gasteiger partial charge in [0.1, 0.15) is 5.82 Å². The number of hydrazine groups is 1. The summed E-state index contributed by atoms with van der Waals surface area (Å²) in [5, 5.41) is 0. The molecule has 1 heterocycles. The molecule has 5 heteroatoms. The maximum atomic E-state index is 13.1.